The number of halogens is 1. The lowest BCUT2D eigenvalue weighted by molar-refractivity contribution is 0.241. The van der Waals surface area contributed by atoms with Crippen molar-refractivity contribution in [3.63, 3.8) is 0 Å². The summed E-state index contributed by atoms with van der Waals surface area (Å²) in [4.78, 5) is 18.8. The summed E-state index contributed by atoms with van der Waals surface area (Å²) in [5.74, 6) is 0.457. The summed E-state index contributed by atoms with van der Waals surface area (Å²) in [5, 5.41) is 4.26. The molecule has 0 atom stereocenters. The molecular weight excluding hydrogens is 443 g/mol. The largest absolute Gasteiger partial charge is 0.491 e. The molecule has 0 spiro atoms. The summed E-state index contributed by atoms with van der Waals surface area (Å²) in [6.07, 6.45) is 3.69. The van der Waals surface area contributed by atoms with E-state index in [1.54, 1.807) is 23.0 Å². The molecule has 3 heterocycles. The van der Waals surface area contributed by atoms with E-state index in [1.807, 2.05) is 65.2 Å². The van der Waals surface area contributed by atoms with Crippen molar-refractivity contribution in [2.24, 2.45) is 7.05 Å². The molecule has 8 heteroatoms. The highest BCUT2D eigenvalue weighted by Crippen LogP contribution is 2.32. The van der Waals surface area contributed by atoms with Gasteiger partial charge in [0.25, 0.3) is 0 Å². The van der Waals surface area contributed by atoms with Crippen LogP contribution in [0.15, 0.2) is 54.9 Å². The van der Waals surface area contributed by atoms with Crippen LogP contribution in [0.1, 0.15) is 25.2 Å². The quantitative estimate of drug-likeness (QED) is 0.329. The second kappa shape index (κ2) is 8.87. The molecule has 0 aliphatic carbocycles. The molecule has 35 heavy (non-hydrogen) atoms. The molecule has 0 bridgehead atoms. The first-order valence-electron chi connectivity index (χ1n) is 11.4. The summed E-state index contributed by atoms with van der Waals surface area (Å²) in [6, 6.07) is 12.6. The molecule has 0 saturated carbocycles. The Morgan fingerprint density at radius 2 is 1.66 bits per heavy atom. The Balaban J connectivity index is 1.70. The highest BCUT2D eigenvalue weighted by molar-refractivity contribution is 5.89. The Morgan fingerprint density at radius 3 is 2.37 bits per heavy atom. The van der Waals surface area contributed by atoms with E-state index >= 15 is 4.39 Å². The second-order valence-corrected chi connectivity index (χ2v) is 8.75. The number of ether oxygens (including phenoxy) is 1. The van der Waals surface area contributed by atoms with E-state index < -0.39 is 5.82 Å². The Morgan fingerprint density at radius 1 is 0.886 bits per heavy atom. The topological polar surface area (TPSA) is 78.6 Å². The number of rotatable bonds is 5. The number of hydrogen-bond donors (Lipinski definition) is 0. The molecule has 0 fully saturated rings. The smallest absolute Gasteiger partial charge is 0.182 e. The summed E-state index contributed by atoms with van der Waals surface area (Å²) in [6.45, 7) is 7.55. The number of nitrogens with zero attached hydrogens (tertiary/aromatic N) is 6. The van der Waals surface area contributed by atoms with Gasteiger partial charge in [-0.1, -0.05) is 18.2 Å². The van der Waals surface area contributed by atoms with Crippen LogP contribution in [0.2, 0.25) is 0 Å². The number of benzene rings is 2. The highest BCUT2D eigenvalue weighted by Gasteiger charge is 2.19. The van der Waals surface area contributed by atoms with Crippen molar-refractivity contribution < 1.29 is 9.13 Å². The third-order valence-electron chi connectivity index (χ3n) is 5.67. The first kappa shape index (κ1) is 22.6. The van der Waals surface area contributed by atoms with Gasteiger partial charge in [-0.05, 0) is 51.5 Å². The lowest BCUT2D eigenvalue weighted by Crippen LogP contribution is -2.06. The van der Waals surface area contributed by atoms with Gasteiger partial charge in [0.05, 0.1) is 23.7 Å². The molecule has 5 aromatic rings. The molecule has 0 saturated heterocycles. The van der Waals surface area contributed by atoms with Gasteiger partial charge in [0.15, 0.2) is 11.5 Å². The van der Waals surface area contributed by atoms with Gasteiger partial charge in [-0.3, -0.25) is 4.68 Å². The van der Waals surface area contributed by atoms with Crippen LogP contribution in [0.4, 0.5) is 4.39 Å². The van der Waals surface area contributed by atoms with Gasteiger partial charge in [-0.15, -0.1) is 0 Å². The Hall–Kier alpha value is -4.20. The molecule has 0 amide bonds. The predicted octanol–water partition coefficient (Wildman–Crippen LogP) is 5.70. The van der Waals surface area contributed by atoms with Gasteiger partial charge < -0.3 is 4.74 Å². The minimum atomic E-state index is -0.446. The van der Waals surface area contributed by atoms with Gasteiger partial charge in [-0.25, -0.2) is 24.3 Å². The van der Waals surface area contributed by atoms with Crippen molar-refractivity contribution in [1.29, 1.82) is 0 Å². The SMILES string of the molecule is Cc1nc2nc(-c3cccc(-c4cnn(C)c4)c3)nc(-c3ccc(OC(C)C)cc3F)c2nc1C. The summed E-state index contributed by atoms with van der Waals surface area (Å²) in [7, 11) is 1.88. The monoisotopic (exact) mass is 468 g/mol. The molecular formula is C27H25FN6O. The Bertz CT molecular complexity index is 1560. The standard InChI is InChI=1S/C27H25FN6O/c1-15(2)35-21-9-10-22(23(28)12-21)24-25-27(31-17(4)16(3)30-25)33-26(32-24)19-8-6-7-18(11-19)20-13-29-34(5)14-20/h6-15H,1-5H3. The summed E-state index contributed by atoms with van der Waals surface area (Å²) < 4.78 is 22.7. The lowest BCUT2D eigenvalue weighted by atomic mass is 10.0. The maximum atomic E-state index is 15.3. The van der Waals surface area contributed by atoms with Crippen molar-refractivity contribution in [3.8, 4) is 39.5 Å². The average Bonchev–Trinajstić information content (AvgIpc) is 3.26. The second-order valence-electron chi connectivity index (χ2n) is 8.75. The first-order chi connectivity index (χ1) is 16.8. The molecule has 3 aromatic heterocycles. The first-order valence-corrected chi connectivity index (χ1v) is 11.4. The van der Waals surface area contributed by atoms with Crippen LogP contribution in [0.3, 0.4) is 0 Å². The van der Waals surface area contributed by atoms with Gasteiger partial charge in [0.2, 0.25) is 0 Å². The normalized spacial score (nSPS) is 11.4. The van der Waals surface area contributed by atoms with Crippen LogP contribution in [-0.2, 0) is 7.05 Å². The van der Waals surface area contributed by atoms with Gasteiger partial charge in [0, 0.05) is 36.0 Å². The van der Waals surface area contributed by atoms with E-state index in [4.69, 9.17) is 14.7 Å². The van der Waals surface area contributed by atoms with E-state index in [9.17, 15) is 0 Å². The molecule has 2 aromatic carbocycles. The van der Waals surface area contributed by atoms with E-state index in [2.05, 4.69) is 15.1 Å². The molecule has 0 N–H and O–H groups in total. The highest BCUT2D eigenvalue weighted by atomic mass is 19.1. The van der Waals surface area contributed by atoms with Gasteiger partial charge >= 0.3 is 0 Å². The maximum Gasteiger partial charge on any atom is 0.182 e. The average molecular weight is 469 g/mol. The molecule has 0 unspecified atom stereocenters. The minimum Gasteiger partial charge on any atom is -0.491 e. The molecule has 0 aliphatic heterocycles. The van der Waals surface area contributed by atoms with Crippen molar-refractivity contribution in [2.45, 2.75) is 33.8 Å². The zero-order valence-electron chi connectivity index (χ0n) is 20.2. The Kier molecular flexibility index (Phi) is 5.72. The zero-order valence-corrected chi connectivity index (χ0v) is 20.2. The number of fused-ring (bicyclic) bond motifs is 1. The number of hydrogen-bond acceptors (Lipinski definition) is 6. The van der Waals surface area contributed by atoms with E-state index in [0.717, 1.165) is 28.1 Å². The van der Waals surface area contributed by atoms with E-state index in [-0.39, 0.29) is 6.10 Å². The number of aromatic nitrogens is 6. The Labute approximate surface area is 202 Å². The minimum absolute atomic E-state index is 0.0599. The van der Waals surface area contributed by atoms with Crippen molar-refractivity contribution in [1.82, 2.24) is 29.7 Å². The fraction of sp³-hybridized carbons (Fsp3) is 0.222. The molecule has 176 valence electrons. The molecule has 5 rings (SSSR count). The third kappa shape index (κ3) is 4.47. The zero-order chi connectivity index (χ0) is 24.7. The summed E-state index contributed by atoms with van der Waals surface area (Å²) >= 11 is 0. The van der Waals surface area contributed by atoms with Crippen LogP contribution >= 0.6 is 0 Å². The molecule has 0 aliphatic rings. The van der Waals surface area contributed by atoms with E-state index in [1.165, 1.54) is 6.07 Å². The van der Waals surface area contributed by atoms with Crippen molar-refractivity contribution >= 4 is 11.2 Å². The van der Waals surface area contributed by atoms with Crippen molar-refractivity contribution in [2.75, 3.05) is 0 Å². The van der Waals surface area contributed by atoms with Crippen LogP contribution in [0, 0.1) is 19.7 Å². The van der Waals surface area contributed by atoms with Crippen LogP contribution in [0.5, 0.6) is 5.75 Å². The molecule has 0 radical (unpaired) electrons. The predicted molar refractivity (Wildman–Crippen MR) is 133 cm³/mol. The van der Waals surface area contributed by atoms with Gasteiger partial charge in [-0.2, -0.15) is 5.10 Å². The van der Waals surface area contributed by atoms with Crippen LogP contribution < -0.4 is 4.74 Å². The van der Waals surface area contributed by atoms with Crippen molar-refractivity contribution in [3.05, 3.63) is 72.1 Å². The van der Waals surface area contributed by atoms with Crippen LogP contribution in [0.25, 0.3) is 44.9 Å². The molecule has 7 nitrogen and oxygen atoms in total. The van der Waals surface area contributed by atoms with Crippen LogP contribution in [-0.4, -0.2) is 35.8 Å². The summed E-state index contributed by atoms with van der Waals surface area (Å²) in [5.41, 5.74) is 5.83. The fourth-order valence-corrected chi connectivity index (χ4v) is 3.87. The third-order valence-corrected chi connectivity index (χ3v) is 5.67. The number of aryl methyl sites for hydroxylation is 3. The fourth-order valence-electron chi connectivity index (χ4n) is 3.87. The lowest BCUT2D eigenvalue weighted by Gasteiger charge is -2.13. The van der Waals surface area contributed by atoms with E-state index in [0.29, 0.717) is 34.0 Å². The van der Waals surface area contributed by atoms with Gasteiger partial charge in [0.1, 0.15) is 22.8 Å². The maximum absolute atomic E-state index is 15.3.